The zero-order valence-electron chi connectivity index (χ0n) is 16.9. The summed E-state index contributed by atoms with van der Waals surface area (Å²) in [5.74, 6) is 0.807. The Bertz CT molecular complexity index is 683. The first-order valence-corrected chi connectivity index (χ1v) is 10.1. The minimum Gasteiger partial charge on any atom is -0.399 e. The lowest BCUT2D eigenvalue weighted by Crippen LogP contribution is -2.44. The van der Waals surface area contributed by atoms with Crippen molar-refractivity contribution in [2.24, 2.45) is 5.92 Å². The molecule has 3 aliphatic rings. The van der Waals surface area contributed by atoms with Crippen LogP contribution in [0, 0.1) is 5.92 Å². The second-order valence-corrected chi connectivity index (χ2v) is 9.18. The van der Waals surface area contributed by atoms with Gasteiger partial charge in [-0.05, 0) is 51.6 Å². The van der Waals surface area contributed by atoms with Crippen molar-refractivity contribution in [3.63, 3.8) is 0 Å². The molecular weight excluding hydrogens is 341 g/mol. The third kappa shape index (κ3) is 3.67. The minimum atomic E-state index is -0.327. The Morgan fingerprint density at radius 3 is 2.26 bits per heavy atom. The Labute approximate surface area is 162 Å². The minimum absolute atomic E-state index is 0.292. The molecule has 0 saturated carbocycles. The molecule has 3 aliphatic heterocycles. The van der Waals surface area contributed by atoms with Gasteiger partial charge in [0, 0.05) is 24.9 Å². The molecule has 1 amide bonds. The average Bonchev–Trinajstić information content (AvgIpc) is 3.00. The van der Waals surface area contributed by atoms with Crippen molar-refractivity contribution in [3.05, 3.63) is 29.8 Å². The first-order chi connectivity index (χ1) is 12.7. The normalized spacial score (nSPS) is 27.3. The van der Waals surface area contributed by atoms with E-state index in [0.717, 1.165) is 38.1 Å². The van der Waals surface area contributed by atoms with E-state index < -0.39 is 0 Å². The van der Waals surface area contributed by atoms with E-state index in [1.165, 1.54) is 5.56 Å². The molecule has 3 fully saturated rings. The van der Waals surface area contributed by atoms with Gasteiger partial charge in [-0.1, -0.05) is 24.3 Å². The molecule has 0 aromatic heterocycles. The Balaban J connectivity index is 1.40. The van der Waals surface area contributed by atoms with Gasteiger partial charge in [-0.2, -0.15) is 0 Å². The Hall–Kier alpha value is -1.37. The summed E-state index contributed by atoms with van der Waals surface area (Å²) in [6, 6.07) is 8.79. The largest absolute Gasteiger partial charge is 0.494 e. The SMILES string of the molecule is CC1(C)OB(c2ccc(C[C@@H]3CCC(=O)N3CC3COC3)cc2)OC1(C)C. The summed E-state index contributed by atoms with van der Waals surface area (Å²) in [7, 11) is -0.327. The summed E-state index contributed by atoms with van der Waals surface area (Å²) in [4.78, 5) is 14.3. The van der Waals surface area contributed by atoms with E-state index in [9.17, 15) is 4.79 Å². The summed E-state index contributed by atoms with van der Waals surface area (Å²) in [6.45, 7) is 10.7. The number of rotatable bonds is 5. The fourth-order valence-electron chi connectivity index (χ4n) is 3.99. The molecule has 0 bridgehead atoms. The van der Waals surface area contributed by atoms with Crippen LogP contribution < -0.4 is 5.46 Å². The van der Waals surface area contributed by atoms with Gasteiger partial charge < -0.3 is 18.9 Å². The van der Waals surface area contributed by atoms with E-state index in [2.05, 4.69) is 56.9 Å². The smallest absolute Gasteiger partial charge is 0.399 e. The summed E-state index contributed by atoms with van der Waals surface area (Å²) < 4.78 is 17.5. The summed E-state index contributed by atoms with van der Waals surface area (Å²) in [5, 5.41) is 0. The average molecular weight is 371 g/mol. The van der Waals surface area contributed by atoms with Crippen LogP contribution in [-0.4, -0.2) is 54.9 Å². The first kappa shape index (κ1) is 19.0. The maximum Gasteiger partial charge on any atom is 0.494 e. The Morgan fingerprint density at radius 2 is 1.70 bits per heavy atom. The lowest BCUT2D eigenvalue weighted by Gasteiger charge is -2.33. The highest BCUT2D eigenvalue weighted by Gasteiger charge is 2.51. The molecule has 1 aromatic carbocycles. The second kappa shape index (κ2) is 6.91. The number of carbonyl (C=O) groups is 1. The van der Waals surface area contributed by atoms with Crippen LogP contribution in [-0.2, 0) is 25.3 Å². The van der Waals surface area contributed by atoms with E-state index >= 15 is 0 Å². The van der Waals surface area contributed by atoms with E-state index in [0.29, 0.717) is 24.3 Å². The van der Waals surface area contributed by atoms with Crippen LogP contribution in [0.5, 0.6) is 0 Å². The molecule has 3 heterocycles. The second-order valence-electron chi connectivity index (χ2n) is 9.18. The third-order valence-electron chi connectivity index (χ3n) is 6.59. The first-order valence-electron chi connectivity index (χ1n) is 10.1. The van der Waals surface area contributed by atoms with Crippen molar-refractivity contribution < 1.29 is 18.8 Å². The molecule has 3 saturated heterocycles. The topological polar surface area (TPSA) is 48.0 Å². The number of hydrogen-bond donors (Lipinski definition) is 0. The van der Waals surface area contributed by atoms with Crippen LogP contribution in [0.3, 0.4) is 0 Å². The van der Waals surface area contributed by atoms with Gasteiger partial charge in [-0.3, -0.25) is 4.79 Å². The van der Waals surface area contributed by atoms with E-state index in [1.807, 2.05) is 0 Å². The number of amides is 1. The fraction of sp³-hybridized carbons (Fsp3) is 0.667. The van der Waals surface area contributed by atoms with Crippen molar-refractivity contribution in [2.45, 2.75) is 64.2 Å². The fourth-order valence-corrected chi connectivity index (χ4v) is 3.99. The van der Waals surface area contributed by atoms with Gasteiger partial charge in [0.2, 0.25) is 5.91 Å². The number of carbonyl (C=O) groups excluding carboxylic acids is 1. The maximum atomic E-state index is 12.3. The number of likely N-dealkylation sites (tertiary alicyclic amines) is 1. The molecule has 0 radical (unpaired) electrons. The monoisotopic (exact) mass is 371 g/mol. The van der Waals surface area contributed by atoms with Gasteiger partial charge in [-0.25, -0.2) is 0 Å². The van der Waals surface area contributed by atoms with Gasteiger partial charge in [0.1, 0.15) is 0 Å². The van der Waals surface area contributed by atoms with E-state index in [4.69, 9.17) is 14.0 Å². The van der Waals surface area contributed by atoms with Crippen LogP contribution >= 0.6 is 0 Å². The molecule has 6 heteroatoms. The summed E-state index contributed by atoms with van der Waals surface area (Å²) in [6.07, 6.45) is 2.53. The van der Waals surface area contributed by atoms with Crippen LogP contribution in [0.4, 0.5) is 0 Å². The van der Waals surface area contributed by atoms with Crippen molar-refractivity contribution in [2.75, 3.05) is 19.8 Å². The van der Waals surface area contributed by atoms with Gasteiger partial charge in [0.05, 0.1) is 24.4 Å². The molecular formula is C21H30BNO4. The molecule has 0 N–H and O–H groups in total. The van der Waals surface area contributed by atoms with Gasteiger partial charge in [0.25, 0.3) is 0 Å². The molecule has 0 spiro atoms. The zero-order valence-corrected chi connectivity index (χ0v) is 16.9. The standard InChI is InChI=1S/C21H30BNO4/c1-20(2)21(3,4)27-22(26-20)17-7-5-15(6-8-17)11-18-9-10-19(24)23(18)12-16-13-25-14-16/h5-8,16,18H,9-14H2,1-4H3/t18-/m0/s1. The summed E-state index contributed by atoms with van der Waals surface area (Å²) >= 11 is 0. The van der Waals surface area contributed by atoms with Gasteiger partial charge >= 0.3 is 7.12 Å². The zero-order chi connectivity index (χ0) is 19.2. The van der Waals surface area contributed by atoms with Crippen molar-refractivity contribution in [1.82, 2.24) is 4.90 Å². The lowest BCUT2D eigenvalue weighted by atomic mass is 9.78. The molecule has 5 nitrogen and oxygen atoms in total. The quantitative estimate of drug-likeness (QED) is 0.745. The lowest BCUT2D eigenvalue weighted by molar-refractivity contribution is -0.132. The molecule has 0 unspecified atom stereocenters. The van der Waals surface area contributed by atoms with Crippen molar-refractivity contribution >= 4 is 18.5 Å². The van der Waals surface area contributed by atoms with E-state index in [1.54, 1.807) is 0 Å². The highest BCUT2D eigenvalue weighted by atomic mass is 16.7. The molecule has 1 atom stereocenters. The van der Waals surface area contributed by atoms with Crippen LogP contribution in [0.2, 0.25) is 0 Å². The van der Waals surface area contributed by atoms with Crippen molar-refractivity contribution in [3.8, 4) is 0 Å². The van der Waals surface area contributed by atoms with Gasteiger partial charge in [0.15, 0.2) is 0 Å². The molecule has 27 heavy (non-hydrogen) atoms. The predicted octanol–water partition coefficient (Wildman–Crippen LogP) is 2.17. The Kier molecular flexibility index (Phi) is 4.85. The van der Waals surface area contributed by atoms with Gasteiger partial charge in [-0.15, -0.1) is 0 Å². The highest BCUT2D eigenvalue weighted by Crippen LogP contribution is 2.36. The number of nitrogens with zero attached hydrogens (tertiary/aromatic N) is 1. The van der Waals surface area contributed by atoms with Crippen LogP contribution in [0.25, 0.3) is 0 Å². The molecule has 0 aliphatic carbocycles. The molecule has 1 aromatic rings. The number of hydrogen-bond acceptors (Lipinski definition) is 4. The highest BCUT2D eigenvalue weighted by molar-refractivity contribution is 6.62. The van der Waals surface area contributed by atoms with Crippen molar-refractivity contribution in [1.29, 1.82) is 0 Å². The number of benzene rings is 1. The molecule has 4 rings (SSSR count). The van der Waals surface area contributed by atoms with Crippen LogP contribution in [0.15, 0.2) is 24.3 Å². The summed E-state index contributed by atoms with van der Waals surface area (Å²) in [5.41, 5.74) is 1.65. The predicted molar refractivity (Wildman–Crippen MR) is 105 cm³/mol. The Morgan fingerprint density at radius 1 is 1.07 bits per heavy atom. The van der Waals surface area contributed by atoms with Crippen LogP contribution in [0.1, 0.15) is 46.1 Å². The molecule has 146 valence electrons. The maximum absolute atomic E-state index is 12.3. The van der Waals surface area contributed by atoms with E-state index in [-0.39, 0.29) is 18.3 Å². The third-order valence-corrected chi connectivity index (χ3v) is 6.59. The number of ether oxygens (including phenoxy) is 1.